The Labute approximate surface area is 280 Å². The lowest BCUT2D eigenvalue weighted by molar-refractivity contribution is 0.543. The van der Waals surface area contributed by atoms with Crippen LogP contribution in [0, 0.1) is 5.92 Å². The predicted molar refractivity (Wildman–Crippen MR) is 204 cm³/mol. The highest BCUT2D eigenvalue weighted by Gasteiger charge is 2.40. The largest absolute Gasteiger partial charge is 0.0836 e. The van der Waals surface area contributed by atoms with Gasteiger partial charge in [-0.15, -0.1) is 0 Å². The van der Waals surface area contributed by atoms with Gasteiger partial charge >= 0.3 is 0 Å². The Hall–Kier alpha value is -5.20. The Morgan fingerprint density at radius 1 is 0.604 bits per heavy atom. The minimum Gasteiger partial charge on any atom is -0.0836 e. The van der Waals surface area contributed by atoms with Gasteiger partial charge in [-0.2, -0.15) is 0 Å². The molecule has 48 heavy (non-hydrogen) atoms. The van der Waals surface area contributed by atoms with Gasteiger partial charge in [-0.05, 0) is 130 Å². The number of allylic oxidation sites excluding steroid dienone is 10. The maximum atomic E-state index is 2.62. The zero-order chi connectivity index (χ0) is 31.1. The summed E-state index contributed by atoms with van der Waals surface area (Å²) in [5.41, 5.74) is 10.7. The summed E-state index contributed by atoms with van der Waals surface area (Å²) >= 11 is 0. The van der Waals surface area contributed by atoms with Gasteiger partial charge in [-0.25, -0.2) is 0 Å². The first kappa shape index (κ1) is 25.8. The van der Waals surface area contributed by atoms with Gasteiger partial charge in [0.05, 0.1) is 0 Å². The molecule has 0 radical (unpaired) electrons. The van der Waals surface area contributed by atoms with Crippen molar-refractivity contribution in [2.75, 3.05) is 0 Å². The monoisotopic (exact) mass is 610 g/mol. The summed E-state index contributed by atoms with van der Waals surface area (Å²) < 4.78 is 0. The number of fused-ring (bicyclic) bond motifs is 10. The summed E-state index contributed by atoms with van der Waals surface area (Å²) in [4.78, 5) is 0. The second-order valence-electron chi connectivity index (χ2n) is 14.8. The fourth-order valence-corrected chi connectivity index (χ4v) is 10.9. The van der Waals surface area contributed by atoms with Crippen LogP contribution in [0.2, 0.25) is 0 Å². The third-order valence-corrected chi connectivity index (χ3v) is 12.8. The molecule has 0 saturated heterocycles. The standard InChI is InChI=1S/C48H34/c1-2-10-28(11-3-1)43-38-20-9-19-35-31-14-4-5-15-36(31)46(45(35)38)48-40-25-24-30(33-18-8-21-39(44(33)40)47(43)48)29-22-23-32-34-16-6-12-27-13-7-17-37(42(27)34)41(32)26-29/h1-5,7-10,12-15,17-23,25-26,28,30,34,42H,6,11,16,24H2/t28?,30?,34?,42-/m0/s1. The highest BCUT2D eigenvalue weighted by molar-refractivity contribution is 6.40. The van der Waals surface area contributed by atoms with Crippen LogP contribution in [0.1, 0.15) is 71.3 Å². The molecule has 0 amide bonds. The number of hydrogen-bond donors (Lipinski definition) is 0. The smallest absolute Gasteiger partial charge is 0.0161 e. The Morgan fingerprint density at radius 3 is 2.40 bits per heavy atom. The van der Waals surface area contributed by atoms with Gasteiger partial charge in [0.2, 0.25) is 0 Å². The highest BCUT2D eigenvalue weighted by Crippen LogP contribution is 2.56. The van der Waals surface area contributed by atoms with Crippen LogP contribution in [0.4, 0.5) is 0 Å². The molecule has 5 aliphatic carbocycles. The maximum Gasteiger partial charge on any atom is 0.0161 e. The van der Waals surface area contributed by atoms with E-state index in [0.717, 1.165) is 12.8 Å². The van der Waals surface area contributed by atoms with Crippen molar-refractivity contribution in [1.29, 1.82) is 0 Å². The Bertz CT molecular complexity index is 2790. The van der Waals surface area contributed by atoms with Crippen LogP contribution in [-0.4, -0.2) is 0 Å². The maximum absolute atomic E-state index is 2.62. The average Bonchev–Trinajstić information content (AvgIpc) is 3.78. The van der Waals surface area contributed by atoms with E-state index in [4.69, 9.17) is 0 Å². The van der Waals surface area contributed by atoms with Crippen LogP contribution in [0.3, 0.4) is 0 Å². The van der Waals surface area contributed by atoms with Crippen LogP contribution >= 0.6 is 0 Å². The van der Waals surface area contributed by atoms with Crippen molar-refractivity contribution in [3.8, 4) is 0 Å². The molecule has 7 aromatic rings. The number of benzene rings is 5. The zero-order valence-electron chi connectivity index (χ0n) is 26.8. The minimum atomic E-state index is 0.354. The van der Waals surface area contributed by atoms with Crippen molar-refractivity contribution >= 4 is 65.5 Å². The van der Waals surface area contributed by atoms with Gasteiger partial charge < -0.3 is 0 Å². The van der Waals surface area contributed by atoms with Crippen molar-refractivity contribution in [1.82, 2.24) is 0 Å². The predicted octanol–water partition coefficient (Wildman–Crippen LogP) is 11.9. The summed E-state index contributed by atoms with van der Waals surface area (Å²) in [6.07, 6.45) is 26.0. The lowest BCUT2D eigenvalue weighted by atomic mass is 9.75. The van der Waals surface area contributed by atoms with Gasteiger partial charge in [0, 0.05) is 17.8 Å². The van der Waals surface area contributed by atoms with E-state index in [1.165, 1.54) is 99.7 Å². The van der Waals surface area contributed by atoms with E-state index >= 15 is 0 Å². The molecule has 4 atom stereocenters. The first-order valence-corrected chi connectivity index (χ1v) is 18.0. The minimum absolute atomic E-state index is 0.354. The molecule has 0 spiro atoms. The molecule has 0 aromatic heterocycles. The molecule has 0 nitrogen and oxygen atoms in total. The van der Waals surface area contributed by atoms with Crippen molar-refractivity contribution in [3.05, 3.63) is 166 Å². The first-order valence-electron chi connectivity index (χ1n) is 18.0. The van der Waals surface area contributed by atoms with E-state index < -0.39 is 0 Å². The number of hydrogen-bond acceptors (Lipinski definition) is 0. The van der Waals surface area contributed by atoms with Crippen LogP contribution in [0.5, 0.6) is 0 Å². The van der Waals surface area contributed by atoms with E-state index in [0.29, 0.717) is 23.7 Å². The zero-order valence-corrected chi connectivity index (χ0v) is 26.8. The molecular weight excluding hydrogens is 577 g/mol. The summed E-state index contributed by atoms with van der Waals surface area (Å²) in [5, 5.41) is 15.9. The fraction of sp³-hybridized carbons (Fsp3) is 0.167. The first-order chi connectivity index (χ1) is 23.8. The lowest BCUT2D eigenvalue weighted by Gasteiger charge is -2.28. The Balaban J connectivity index is 1.16. The van der Waals surface area contributed by atoms with Crippen molar-refractivity contribution in [3.63, 3.8) is 0 Å². The van der Waals surface area contributed by atoms with Crippen molar-refractivity contribution < 1.29 is 0 Å². The normalized spacial score (nSPS) is 23.7. The molecule has 3 unspecified atom stereocenters. The quantitative estimate of drug-likeness (QED) is 0.183. The molecule has 0 heterocycles. The molecule has 0 fully saturated rings. The van der Waals surface area contributed by atoms with Gasteiger partial charge in [0.15, 0.2) is 0 Å². The molecule has 12 rings (SSSR count). The molecule has 0 saturated carbocycles. The summed E-state index contributed by atoms with van der Waals surface area (Å²) in [6, 6.07) is 31.0. The Morgan fingerprint density at radius 2 is 1.46 bits per heavy atom. The molecule has 0 bridgehead atoms. The second kappa shape index (κ2) is 9.24. The van der Waals surface area contributed by atoms with Gasteiger partial charge in [0.25, 0.3) is 0 Å². The second-order valence-corrected chi connectivity index (χ2v) is 14.8. The third kappa shape index (κ3) is 3.13. The summed E-state index contributed by atoms with van der Waals surface area (Å²) in [7, 11) is 0. The topological polar surface area (TPSA) is 0 Å². The van der Waals surface area contributed by atoms with Crippen LogP contribution in [-0.2, 0) is 0 Å². The van der Waals surface area contributed by atoms with Crippen LogP contribution < -0.4 is 5.22 Å². The number of rotatable bonds is 2. The molecule has 226 valence electrons. The molecule has 0 N–H and O–H groups in total. The molecular formula is C48H34. The van der Waals surface area contributed by atoms with Crippen molar-refractivity contribution in [2.45, 2.75) is 43.4 Å². The molecule has 5 aliphatic rings. The molecule has 7 aromatic carbocycles. The van der Waals surface area contributed by atoms with E-state index in [9.17, 15) is 0 Å². The van der Waals surface area contributed by atoms with Gasteiger partial charge in [-0.1, -0.05) is 134 Å². The summed E-state index contributed by atoms with van der Waals surface area (Å²) in [6.45, 7) is 0. The van der Waals surface area contributed by atoms with Gasteiger partial charge in [0.1, 0.15) is 0 Å². The fourth-order valence-electron chi connectivity index (χ4n) is 10.9. The average molecular weight is 611 g/mol. The van der Waals surface area contributed by atoms with Crippen LogP contribution in [0.15, 0.2) is 133 Å². The highest BCUT2D eigenvalue weighted by atomic mass is 14.4. The molecule has 0 aliphatic heterocycles. The van der Waals surface area contributed by atoms with E-state index in [2.05, 4.69) is 134 Å². The van der Waals surface area contributed by atoms with E-state index in [1.54, 1.807) is 11.1 Å². The SMILES string of the molecule is C1=CCC(c2c3cccc4c5ccccc5c(c5c6c7c(cccc7c25)C(c2ccc5c(c2)C2=CC=CC7=CCCC5[C@H]72)CC=6)c34)C=C1. The van der Waals surface area contributed by atoms with E-state index in [1.807, 2.05) is 0 Å². The third-order valence-electron chi connectivity index (χ3n) is 12.8. The Kier molecular flexibility index (Phi) is 4.97. The van der Waals surface area contributed by atoms with E-state index in [-0.39, 0.29) is 0 Å². The summed E-state index contributed by atoms with van der Waals surface area (Å²) in [5.74, 6) is 1.91. The lowest BCUT2D eigenvalue weighted by Crippen LogP contribution is -2.14. The van der Waals surface area contributed by atoms with Gasteiger partial charge in [-0.3, -0.25) is 0 Å². The molecule has 0 heteroatoms. The van der Waals surface area contributed by atoms with Crippen molar-refractivity contribution in [2.24, 2.45) is 5.92 Å². The van der Waals surface area contributed by atoms with Crippen LogP contribution in [0.25, 0.3) is 65.5 Å².